The van der Waals surface area contributed by atoms with Gasteiger partial charge in [-0.05, 0) is 6.92 Å². The Labute approximate surface area is 137 Å². The number of nitrogens with two attached hydrogens (primary N) is 1. The number of hydrogen-bond acceptors (Lipinski definition) is 4. The molecule has 3 N–H and O–H groups in total. The highest BCUT2D eigenvalue weighted by atomic mass is 127. The minimum atomic E-state index is -0.0499. The lowest BCUT2D eigenvalue weighted by atomic mass is 9.94. The lowest BCUT2D eigenvalue weighted by Crippen LogP contribution is -2.40. The Balaban J connectivity index is 0.00000361. The Morgan fingerprint density at radius 1 is 1.55 bits per heavy atom. The van der Waals surface area contributed by atoms with E-state index in [0.29, 0.717) is 25.0 Å². The van der Waals surface area contributed by atoms with E-state index in [9.17, 15) is 0 Å². The zero-order valence-electron chi connectivity index (χ0n) is 12.8. The highest BCUT2D eigenvalue weighted by molar-refractivity contribution is 14.0. The fourth-order valence-corrected chi connectivity index (χ4v) is 1.47. The summed E-state index contributed by atoms with van der Waals surface area (Å²) in [4.78, 5) is 8.37. The molecule has 0 saturated heterocycles. The van der Waals surface area contributed by atoms with E-state index in [4.69, 9.17) is 14.9 Å². The van der Waals surface area contributed by atoms with Crippen LogP contribution in [0.15, 0.2) is 15.6 Å². The minimum Gasteiger partial charge on any atom is -0.443 e. The molecule has 0 aromatic carbocycles. The van der Waals surface area contributed by atoms with Crippen LogP contribution in [0.25, 0.3) is 0 Å². The van der Waals surface area contributed by atoms with Crippen LogP contribution in [-0.4, -0.2) is 30.7 Å². The average molecular weight is 396 g/mol. The quantitative estimate of drug-likeness (QED) is 0.452. The van der Waals surface area contributed by atoms with Crippen LogP contribution in [0.3, 0.4) is 0 Å². The fraction of sp³-hybridized carbons (Fsp3) is 0.692. The number of nitrogens with one attached hydrogen (secondary N) is 1. The second kappa shape index (κ2) is 8.46. The summed E-state index contributed by atoms with van der Waals surface area (Å²) in [7, 11) is 1.65. The molecule has 0 aliphatic carbocycles. The molecule has 0 spiro atoms. The first-order valence-electron chi connectivity index (χ1n) is 6.33. The molecule has 1 atom stereocenters. The van der Waals surface area contributed by atoms with Crippen LogP contribution in [0.1, 0.15) is 39.3 Å². The van der Waals surface area contributed by atoms with E-state index in [1.54, 1.807) is 13.3 Å². The number of rotatable bonds is 5. The maximum Gasteiger partial charge on any atom is 0.216 e. The van der Waals surface area contributed by atoms with Gasteiger partial charge in [0.15, 0.2) is 5.96 Å². The molecule has 0 amide bonds. The third-order valence-electron chi connectivity index (χ3n) is 2.49. The minimum absolute atomic E-state index is 0. The average Bonchev–Trinajstić information content (AvgIpc) is 2.74. The summed E-state index contributed by atoms with van der Waals surface area (Å²) in [6.45, 7) is 9.08. The van der Waals surface area contributed by atoms with Crippen LogP contribution < -0.4 is 11.1 Å². The summed E-state index contributed by atoms with van der Waals surface area (Å²) in [5.41, 5.74) is 5.71. The largest absolute Gasteiger partial charge is 0.443 e. The first-order chi connectivity index (χ1) is 8.82. The molecule has 0 aliphatic heterocycles. The smallest absolute Gasteiger partial charge is 0.216 e. The molecule has 0 radical (unpaired) electrons. The molecule has 116 valence electrons. The van der Waals surface area contributed by atoms with Gasteiger partial charge in [-0.1, -0.05) is 20.8 Å². The molecule has 6 nitrogen and oxygen atoms in total. The van der Waals surface area contributed by atoms with Crippen molar-refractivity contribution in [2.75, 3.05) is 13.7 Å². The lowest BCUT2D eigenvalue weighted by molar-refractivity contribution is 0.179. The topological polar surface area (TPSA) is 85.7 Å². The number of halogens is 1. The van der Waals surface area contributed by atoms with Crippen LogP contribution in [0.4, 0.5) is 0 Å². The number of guanidine groups is 1. The summed E-state index contributed by atoms with van der Waals surface area (Å²) >= 11 is 0. The maximum absolute atomic E-state index is 5.76. The van der Waals surface area contributed by atoms with Crippen molar-refractivity contribution >= 4 is 29.9 Å². The van der Waals surface area contributed by atoms with Crippen molar-refractivity contribution in [1.82, 2.24) is 10.3 Å². The Kier molecular flexibility index (Phi) is 8.10. The van der Waals surface area contributed by atoms with Crippen LogP contribution in [-0.2, 0) is 16.7 Å². The van der Waals surface area contributed by atoms with Crippen molar-refractivity contribution in [2.45, 2.75) is 45.7 Å². The van der Waals surface area contributed by atoms with Gasteiger partial charge < -0.3 is 20.2 Å². The van der Waals surface area contributed by atoms with Crippen molar-refractivity contribution in [3.05, 3.63) is 17.8 Å². The Bertz CT molecular complexity index is 426. The second-order valence-electron chi connectivity index (χ2n) is 5.57. The van der Waals surface area contributed by atoms with Crippen molar-refractivity contribution in [1.29, 1.82) is 0 Å². The molecular formula is C13H25IN4O2. The van der Waals surface area contributed by atoms with E-state index in [0.717, 1.165) is 5.76 Å². The number of ether oxygens (including phenoxy) is 1. The van der Waals surface area contributed by atoms with Gasteiger partial charge in [-0.2, -0.15) is 0 Å². The molecule has 7 heteroatoms. The number of hydrogen-bond donors (Lipinski definition) is 2. The van der Waals surface area contributed by atoms with E-state index in [1.807, 2.05) is 6.92 Å². The van der Waals surface area contributed by atoms with Crippen molar-refractivity contribution in [3.63, 3.8) is 0 Å². The molecule has 0 fully saturated rings. The summed E-state index contributed by atoms with van der Waals surface area (Å²) in [5, 5.41) is 3.02. The summed E-state index contributed by atoms with van der Waals surface area (Å²) in [6.07, 6.45) is 1.74. The first-order valence-corrected chi connectivity index (χ1v) is 6.33. The van der Waals surface area contributed by atoms with Crippen molar-refractivity contribution in [2.24, 2.45) is 10.7 Å². The molecule has 1 unspecified atom stereocenters. The molecule has 0 saturated carbocycles. The molecule has 1 rings (SSSR count). The maximum atomic E-state index is 5.76. The van der Waals surface area contributed by atoms with Crippen LogP contribution in [0.2, 0.25) is 0 Å². The zero-order chi connectivity index (χ0) is 14.5. The van der Waals surface area contributed by atoms with E-state index in [-0.39, 0.29) is 35.4 Å². The summed E-state index contributed by atoms with van der Waals surface area (Å²) in [6, 6.07) is 0.114. The van der Waals surface area contributed by atoms with E-state index >= 15 is 0 Å². The number of aromatic nitrogens is 1. The predicted molar refractivity (Wildman–Crippen MR) is 90.4 cm³/mol. The van der Waals surface area contributed by atoms with Gasteiger partial charge in [0.25, 0.3) is 0 Å². The second-order valence-corrected chi connectivity index (χ2v) is 5.57. The molecule has 0 aliphatic rings. The van der Waals surface area contributed by atoms with Crippen LogP contribution in [0.5, 0.6) is 0 Å². The van der Waals surface area contributed by atoms with Gasteiger partial charge in [0.2, 0.25) is 5.89 Å². The molecule has 1 heterocycles. The predicted octanol–water partition coefficient (Wildman–Crippen LogP) is 2.03. The SMILES string of the molecule is COCC(C)NC(N)=NCc1ncc(C(C)(C)C)o1.I. The molecular weight excluding hydrogens is 371 g/mol. The van der Waals surface area contributed by atoms with E-state index in [2.05, 4.69) is 36.1 Å². The third-order valence-corrected chi connectivity index (χ3v) is 2.49. The van der Waals surface area contributed by atoms with Gasteiger partial charge in [0.05, 0.1) is 12.8 Å². The van der Waals surface area contributed by atoms with Gasteiger partial charge in [0, 0.05) is 18.6 Å². The van der Waals surface area contributed by atoms with Gasteiger partial charge in [0.1, 0.15) is 12.3 Å². The molecule has 20 heavy (non-hydrogen) atoms. The van der Waals surface area contributed by atoms with Crippen LogP contribution >= 0.6 is 24.0 Å². The first kappa shape index (κ1) is 19.2. The van der Waals surface area contributed by atoms with E-state index < -0.39 is 0 Å². The monoisotopic (exact) mass is 396 g/mol. The van der Waals surface area contributed by atoms with Gasteiger partial charge >= 0.3 is 0 Å². The molecule has 1 aromatic rings. The fourth-order valence-electron chi connectivity index (χ4n) is 1.47. The Morgan fingerprint density at radius 3 is 2.70 bits per heavy atom. The number of aliphatic imine (C=N–C) groups is 1. The van der Waals surface area contributed by atoms with Crippen LogP contribution in [0, 0.1) is 0 Å². The van der Waals surface area contributed by atoms with Gasteiger partial charge in [-0.3, -0.25) is 0 Å². The highest BCUT2D eigenvalue weighted by Crippen LogP contribution is 2.22. The number of oxazole rings is 1. The van der Waals surface area contributed by atoms with Crippen molar-refractivity contribution in [3.8, 4) is 0 Å². The zero-order valence-corrected chi connectivity index (χ0v) is 15.1. The standard InChI is InChI=1S/C13H24N4O2.HI/c1-9(8-18-5)17-12(14)16-7-11-15-6-10(19-11)13(2,3)4;/h6,9H,7-8H2,1-5H3,(H3,14,16,17);1H. The van der Waals surface area contributed by atoms with E-state index in [1.165, 1.54) is 0 Å². The van der Waals surface area contributed by atoms with Crippen molar-refractivity contribution < 1.29 is 9.15 Å². The molecule has 1 aromatic heterocycles. The normalized spacial score (nSPS) is 13.8. The number of methoxy groups -OCH3 is 1. The van der Waals surface area contributed by atoms with Gasteiger partial charge in [-0.25, -0.2) is 9.98 Å². The van der Waals surface area contributed by atoms with Gasteiger partial charge in [-0.15, -0.1) is 24.0 Å². The molecule has 0 bridgehead atoms. The highest BCUT2D eigenvalue weighted by Gasteiger charge is 2.18. The summed E-state index contributed by atoms with van der Waals surface area (Å²) < 4.78 is 10.6. The Morgan fingerprint density at radius 2 is 2.20 bits per heavy atom. The summed E-state index contributed by atoms with van der Waals surface area (Å²) in [5.74, 6) is 1.77. The Hall–Kier alpha value is -0.830. The lowest BCUT2D eigenvalue weighted by Gasteiger charge is -2.13. The third kappa shape index (κ3) is 6.56. The number of nitrogens with zero attached hydrogens (tertiary/aromatic N) is 2.